The van der Waals surface area contributed by atoms with Gasteiger partial charge < -0.3 is 0 Å². The summed E-state index contributed by atoms with van der Waals surface area (Å²) in [6.45, 7) is 10.5. The Kier molecular flexibility index (Phi) is 7.77. The predicted molar refractivity (Wildman–Crippen MR) is 61.8 cm³/mol. The van der Waals surface area contributed by atoms with Crippen LogP contribution >= 0.6 is 0 Å². The third kappa shape index (κ3) is 6.62. The topological polar surface area (TPSA) is 0 Å². The maximum absolute atomic E-state index is 3.75. The molecule has 0 heteroatoms. The molecule has 0 spiro atoms. The molecule has 0 aromatic heterocycles. The molecule has 13 heavy (non-hydrogen) atoms. The minimum atomic E-state index is 0.753. The summed E-state index contributed by atoms with van der Waals surface area (Å²) in [5.41, 5.74) is 0. The molecule has 0 saturated carbocycles. The second kappa shape index (κ2) is 8.10. The fraction of sp³-hybridized carbons (Fsp3) is 0.692. The molecule has 0 amide bonds. The summed E-state index contributed by atoms with van der Waals surface area (Å²) in [7, 11) is 0. The van der Waals surface area contributed by atoms with Crippen molar-refractivity contribution in [2.24, 2.45) is 11.8 Å². The Morgan fingerprint density at radius 3 is 2.23 bits per heavy atom. The van der Waals surface area contributed by atoms with Gasteiger partial charge in [-0.05, 0) is 37.5 Å². The zero-order valence-corrected chi connectivity index (χ0v) is 9.42. The summed E-state index contributed by atoms with van der Waals surface area (Å²) < 4.78 is 0. The Labute approximate surface area is 83.7 Å². The highest BCUT2D eigenvalue weighted by Crippen LogP contribution is 2.13. The van der Waals surface area contributed by atoms with Crippen LogP contribution in [0.3, 0.4) is 0 Å². The third-order valence-electron chi connectivity index (χ3n) is 2.56. The van der Waals surface area contributed by atoms with Gasteiger partial charge in [-0.1, -0.05) is 39.0 Å². The van der Waals surface area contributed by atoms with E-state index in [1.54, 1.807) is 0 Å². The minimum Gasteiger partial charge on any atom is -0.103 e. The largest absolute Gasteiger partial charge is 0.103 e. The molecule has 0 aromatic carbocycles. The summed E-state index contributed by atoms with van der Waals surface area (Å²) in [4.78, 5) is 0. The van der Waals surface area contributed by atoms with Crippen LogP contribution in [0.2, 0.25) is 0 Å². The molecule has 0 N–H and O–H groups in total. The van der Waals surface area contributed by atoms with E-state index in [0.29, 0.717) is 0 Å². The van der Waals surface area contributed by atoms with Crippen LogP contribution < -0.4 is 0 Å². The lowest BCUT2D eigenvalue weighted by Crippen LogP contribution is -1.93. The van der Waals surface area contributed by atoms with Crippen molar-refractivity contribution in [1.29, 1.82) is 0 Å². The van der Waals surface area contributed by atoms with Gasteiger partial charge in [-0.15, -0.1) is 6.58 Å². The van der Waals surface area contributed by atoms with Crippen LogP contribution in [0.4, 0.5) is 0 Å². The van der Waals surface area contributed by atoms with E-state index in [0.717, 1.165) is 18.3 Å². The van der Waals surface area contributed by atoms with Crippen molar-refractivity contribution in [3.8, 4) is 0 Å². The van der Waals surface area contributed by atoms with Gasteiger partial charge in [0.2, 0.25) is 0 Å². The maximum Gasteiger partial charge on any atom is -0.0239 e. The molecule has 0 aliphatic rings. The molecule has 0 aromatic rings. The van der Waals surface area contributed by atoms with Gasteiger partial charge in [-0.2, -0.15) is 0 Å². The molecule has 1 unspecified atom stereocenters. The van der Waals surface area contributed by atoms with Gasteiger partial charge in [0.25, 0.3) is 0 Å². The number of hydrogen-bond donors (Lipinski definition) is 0. The summed E-state index contributed by atoms with van der Waals surface area (Å²) >= 11 is 0. The first-order chi connectivity index (χ1) is 6.24. The quantitative estimate of drug-likeness (QED) is 0.503. The van der Waals surface area contributed by atoms with Gasteiger partial charge in [0.05, 0.1) is 0 Å². The van der Waals surface area contributed by atoms with Crippen molar-refractivity contribution >= 4 is 0 Å². The van der Waals surface area contributed by atoms with Crippen LogP contribution in [0.5, 0.6) is 0 Å². The van der Waals surface area contributed by atoms with Crippen LogP contribution in [0.25, 0.3) is 0 Å². The predicted octanol–water partition coefficient (Wildman–Crippen LogP) is 4.58. The molecule has 76 valence electrons. The molecule has 0 heterocycles. The van der Waals surface area contributed by atoms with E-state index < -0.39 is 0 Å². The van der Waals surface area contributed by atoms with Crippen LogP contribution in [0.15, 0.2) is 24.8 Å². The number of hydrogen-bond acceptors (Lipinski definition) is 0. The molecule has 0 aliphatic heterocycles. The van der Waals surface area contributed by atoms with E-state index in [9.17, 15) is 0 Å². The number of rotatable bonds is 7. The molecule has 0 rings (SSSR count). The summed E-state index contributed by atoms with van der Waals surface area (Å²) in [5, 5.41) is 0. The second-order valence-electron chi connectivity index (χ2n) is 3.87. The van der Waals surface area contributed by atoms with Crippen molar-refractivity contribution in [2.45, 2.75) is 46.5 Å². The highest BCUT2D eigenvalue weighted by atomic mass is 14.0. The van der Waals surface area contributed by atoms with E-state index in [4.69, 9.17) is 0 Å². The van der Waals surface area contributed by atoms with Crippen molar-refractivity contribution in [2.75, 3.05) is 0 Å². The lowest BCUT2D eigenvalue weighted by atomic mass is 9.99. The molecular weight excluding hydrogens is 156 g/mol. The Morgan fingerprint density at radius 2 is 1.77 bits per heavy atom. The van der Waals surface area contributed by atoms with Gasteiger partial charge in [-0.25, -0.2) is 0 Å². The first-order valence-electron chi connectivity index (χ1n) is 5.52. The van der Waals surface area contributed by atoms with E-state index in [1.165, 1.54) is 19.3 Å². The van der Waals surface area contributed by atoms with Crippen molar-refractivity contribution in [3.05, 3.63) is 24.8 Å². The monoisotopic (exact) mass is 180 g/mol. The van der Waals surface area contributed by atoms with E-state index in [-0.39, 0.29) is 0 Å². The van der Waals surface area contributed by atoms with Crippen molar-refractivity contribution < 1.29 is 0 Å². The van der Waals surface area contributed by atoms with Gasteiger partial charge in [0.1, 0.15) is 0 Å². The highest BCUT2D eigenvalue weighted by molar-refractivity contribution is 4.89. The molecule has 0 nitrogen and oxygen atoms in total. The van der Waals surface area contributed by atoms with E-state index in [1.807, 2.05) is 6.08 Å². The summed E-state index contributed by atoms with van der Waals surface area (Å²) in [5.74, 6) is 1.54. The van der Waals surface area contributed by atoms with Crippen LogP contribution in [-0.2, 0) is 0 Å². The third-order valence-corrected chi connectivity index (χ3v) is 2.56. The van der Waals surface area contributed by atoms with Crippen LogP contribution in [0, 0.1) is 11.8 Å². The Balaban J connectivity index is 3.65. The zero-order chi connectivity index (χ0) is 10.1. The zero-order valence-electron chi connectivity index (χ0n) is 9.42. The first-order valence-corrected chi connectivity index (χ1v) is 5.52. The molecular formula is C13H24. The maximum atomic E-state index is 3.75. The lowest BCUT2D eigenvalue weighted by molar-refractivity contribution is 0.581. The van der Waals surface area contributed by atoms with Crippen molar-refractivity contribution in [1.82, 2.24) is 0 Å². The van der Waals surface area contributed by atoms with E-state index in [2.05, 4.69) is 39.5 Å². The normalized spacial score (nSPS) is 13.8. The summed E-state index contributed by atoms with van der Waals surface area (Å²) in [6.07, 6.45) is 11.6. The Bertz CT molecular complexity index is 140. The smallest absolute Gasteiger partial charge is 0.0239 e. The summed E-state index contributed by atoms with van der Waals surface area (Å²) in [6, 6.07) is 0. The molecule has 0 bridgehead atoms. The number of allylic oxidation sites excluding steroid dienone is 3. The molecule has 0 aliphatic carbocycles. The minimum absolute atomic E-state index is 0.753. The van der Waals surface area contributed by atoms with Crippen molar-refractivity contribution in [3.63, 3.8) is 0 Å². The molecule has 0 saturated heterocycles. The molecule has 1 atom stereocenters. The second-order valence-corrected chi connectivity index (χ2v) is 3.87. The highest BCUT2D eigenvalue weighted by Gasteiger charge is 1.98. The van der Waals surface area contributed by atoms with Gasteiger partial charge >= 0.3 is 0 Å². The fourth-order valence-corrected chi connectivity index (χ4v) is 1.44. The van der Waals surface area contributed by atoms with E-state index >= 15 is 0 Å². The average Bonchev–Trinajstić information content (AvgIpc) is 2.13. The van der Waals surface area contributed by atoms with Gasteiger partial charge in [-0.3, -0.25) is 0 Å². The van der Waals surface area contributed by atoms with Crippen LogP contribution in [0.1, 0.15) is 46.5 Å². The SMILES string of the molecule is C=CCC(C)CC=CC(CC)CC. The molecule has 0 radical (unpaired) electrons. The Morgan fingerprint density at radius 1 is 1.15 bits per heavy atom. The fourth-order valence-electron chi connectivity index (χ4n) is 1.44. The average molecular weight is 180 g/mol. The lowest BCUT2D eigenvalue weighted by Gasteiger charge is -2.07. The van der Waals surface area contributed by atoms with Crippen LogP contribution in [-0.4, -0.2) is 0 Å². The standard InChI is InChI=1S/C13H24/c1-5-9-12(4)10-8-11-13(6-2)7-3/h5,8,11-13H,1,6-7,9-10H2,2-4H3. The van der Waals surface area contributed by atoms with Gasteiger partial charge in [0.15, 0.2) is 0 Å². The Hall–Kier alpha value is -0.520. The first kappa shape index (κ1) is 12.5. The van der Waals surface area contributed by atoms with Gasteiger partial charge in [0, 0.05) is 0 Å². The molecule has 0 fully saturated rings.